The molecule has 0 aliphatic rings. The number of aromatic nitrogens is 2. The van der Waals surface area contributed by atoms with Gasteiger partial charge < -0.3 is 15.8 Å². The maximum atomic E-state index is 13.1. The van der Waals surface area contributed by atoms with E-state index in [-0.39, 0.29) is 12.5 Å². The lowest BCUT2D eigenvalue weighted by molar-refractivity contribution is 0.0963. The van der Waals surface area contributed by atoms with E-state index in [1.807, 2.05) is 31.2 Å². The van der Waals surface area contributed by atoms with Crippen LogP contribution in [-0.2, 0) is 11.3 Å². The Labute approximate surface area is 150 Å². The van der Waals surface area contributed by atoms with E-state index in [9.17, 15) is 9.59 Å². The number of alkyl carbamates (subject to hydrolysis) is 1. The first-order valence-corrected chi connectivity index (χ1v) is 8.28. The highest BCUT2D eigenvalue weighted by Gasteiger charge is 2.18. The molecule has 0 aliphatic carbocycles. The molecule has 0 saturated carbocycles. The highest BCUT2D eigenvalue weighted by Crippen LogP contribution is 2.28. The van der Waals surface area contributed by atoms with Crippen LogP contribution in [-0.4, -0.2) is 28.2 Å². The number of nitrogens with zero attached hydrogens (tertiary/aromatic N) is 2. The van der Waals surface area contributed by atoms with Gasteiger partial charge in [-0.2, -0.15) is 0 Å². The molecule has 26 heavy (non-hydrogen) atoms. The summed E-state index contributed by atoms with van der Waals surface area (Å²) in [5, 5.41) is 3.43. The Balaban J connectivity index is 1.91. The number of ether oxygens (including phenoxy) is 1. The van der Waals surface area contributed by atoms with Crippen molar-refractivity contribution in [1.82, 2.24) is 14.9 Å². The second-order valence-electron chi connectivity index (χ2n) is 5.77. The van der Waals surface area contributed by atoms with E-state index >= 15 is 0 Å². The number of anilines is 1. The van der Waals surface area contributed by atoms with Gasteiger partial charge in [0, 0.05) is 22.8 Å². The lowest BCUT2D eigenvalue weighted by Crippen LogP contribution is -2.24. The van der Waals surface area contributed by atoms with Crippen LogP contribution in [0.2, 0.25) is 0 Å². The van der Waals surface area contributed by atoms with Crippen molar-refractivity contribution in [3.63, 3.8) is 0 Å². The first-order chi connectivity index (χ1) is 12.5. The van der Waals surface area contributed by atoms with Gasteiger partial charge in [0.1, 0.15) is 0 Å². The van der Waals surface area contributed by atoms with Gasteiger partial charge in [-0.25, -0.2) is 4.79 Å². The molecule has 0 aliphatic heterocycles. The molecule has 7 heteroatoms. The largest absolute Gasteiger partial charge is 0.450 e. The molecular formula is C19H20N4O3. The third-order valence-electron chi connectivity index (χ3n) is 4.12. The third kappa shape index (κ3) is 3.23. The molecular weight excluding hydrogens is 332 g/mol. The molecule has 1 amide bonds. The smallest absolute Gasteiger partial charge is 0.407 e. The number of hydrogen-bond donors (Lipinski definition) is 2. The number of carbonyl (C=O) groups excluding carboxylic acids is 2. The zero-order valence-electron chi connectivity index (χ0n) is 14.7. The zero-order valence-corrected chi connectivity index (χ0v) is 14.7. The van der Waals surface area contributed by atoms with Crippen molar-refractivity contribution in [2.24, 2.45) is 0 Å². The zero-order chi connectivity index (χ0) is 18.7. The highest BCUT2D eigenvalue weighted by atomic mass is 16.5. The third-order valence-corrected chi connectivity index (χ3v) is 4.12. The minimum Gasteiger partial charge on any atom is -0.450 e. The summed E-state index contributed by atoms with van der Waals surface area (Å²) in [4.78, 5) is 28.6. The van der Waals surface area contributed by atoms with E-state index in [4.69, 9.17) is 10.5 Å². The van der Waals surface area contributed by atoms with Gasteiger partial charge in [0.2, 0.25) is 0 Å². The molecule has 2 heterocycles. The first kappa shape index (κ1) is 17.5. The fourth-order valence-corrected chi connectivity index (χ4v) is 2.84. The monoisotopic (exact) mass is 352 g/mol. The minimum absolute atomic E-state index is 0.174. The van der Waals surface area contributed by atoms with E-state index in [1.165, 1.54) is 0 Å². The Morgan fingerprint density at radius 3 is 2.81 bits per heavy atom. The maximum Gasteiger partial charge on any atom is 0.407 e. The number of benzene rings is 1. The summed E-state index contributed by atoms with van der Waals surface area (Å²) >= 11 is 0. The van der Waals surface area contributed by atoms with Crippen molar-refractivity contribution in [3.05, 3.63) is 59.5 Å². The van der Waals surface area contributed by atoms with Crippen molar-refractivity contribution in [2.45, 2.75) is 20.4 Å². The number of hydrogen-bond acceptors (Lipinski definition) is 5. The number of nitrogens with two attached hydrogens (primary N) is 1. The lowest BCUT2D eigenvalue weighted by atomic mass is 10.2. The fourth-order valence-electron chi connectivity index (χ4n) is 2.84. The molecule has 134 valence electrons. The van der Waals surface area contributed by atoms with Crippen LogP contribution < -0.4 is 11.1 Å². The van der Waals surface area contributed by atoms with E-state index < -0.39 is 6.09 Å². The quantitative estimate of drug-likeness (QED) is 0.752. The van der Waals surface area contributed by atoms with Crippen molar-refractivity contribution in [2.75, 3.05) is 12.3 Å². The number of nitrogen functional groups attached to an aromatic ring is 1. The topological polar surface area (TPSA) is 99.2 Å². The number of para-hydroxylation sites is 1. The average Bonchev–Trinajstić information content (AvgIpc) is 2.91. The average molecular weight is 352 g/mol. The standard InChI is InChI=1S/C19H20N4O3/c1-3-26-19(25)22-11-14-10-13(8-9-21-14)18(24)23-12(2)17(20)15-6-4-5-7-16(15)23/h4-10H,3,11,20H2,1-2H3,(H,22,25). The molecule has 0 saturated heterocycles. The second-order valence-corrected chi connectivity index (χ2v) is 5.77. The van der Waals surface area contributed by atoms with Gasteiger partial charge >= 0.3 is 6.09 Å². The molecule has 1 aromatic carbocycles. The van der Waals surface area contributed by atoms with Crippen LogP contribution in [0.15, 0.2) is 42.6 Å². The number of pyridine rings is 1. The van der Waals surface area contributed by atoms with E-state index in [0.29, 0.717) is 29.2 Å². The molecule has 3 aromatic rings. The predicted octanol–water partition coefficient (Wildman–Crippen LogP) is 2.86. The Hall–Kier alpha value is -3.35. The summed E-state index contributed by atoms with van der Waals surface area (Å²) in [6.07, 6.45) is 1.02. The Bertz CT molecular complexity index is 978. The van der Waals surface area contributed by atoms with Gasteiger partial charge in [0.05, 0.1) is 30.0 Å². The van der Waals surface area contributed by atoms with Crippen molar-refractivity contribution < 1.29 is 14.3 Å². The fraction of sp³-hybridized carbons (Fsp3) is 0.211. The van der Waals surface area contributed by atoms with Crippen LogP contribution in [0, 0.1) is 6.92 Å². The molecule has 0 radical (unpaired) electrons. The molecule has 0 unspecified atom stereocenters. The molecule has 7 nitrogen and oxygen atoms in total. The Morgan fingerprint density at radius 1 is 1.27 bits per heavy atom. The molecule has 3 N–H and O–H groups in total. The Kier molecular flexibility index (Phi) is 4.88. The number of carbonyl (C=O) groups is 2. The summed E-state index contributed by atoms with van der Waals surface area (Å²) in [6, 6.07) is 10.8. The molecule has 0 fully saturated rings. The van der Waals surface area contributed by atoms with Crippen LogP contribution in [0.4, 0.5) is 10.5 Å². The van der Waals surface area contributed by atoms with Crippen LogP contribution in [0.3, 0.4) is 0 Å². The van der Waals surface area contributed by atoms with Crippen LogP contribution in [0.1, 0.15) is 28.7 Å². The van der Waals surface area contributed by atoms with E-state index in [0.717, 1.165) is 10.9 Å². The molecule has 3 rings (SSSR count). The summed E-state index contributed by atoms with van der Waals surface area (Å²) in [5.74, 6) is -0.199. The van der Waals surface area contributed by atoms with Crippen LogP contribution in [0.25, 0.3) is 10.9 Å². The van der Waals surface area contributed by atoms with Gasteiger partial charge in [0.15, 0.2) is 0 Å². The van der Waals surface area contributed by atoms with Gasteiger partial charge in [0.25, 0.3) is 5.91 Å². The highest BCUT2D eigenvalue weighted by molar-refractivity contribution is 6.06. The van der Waals surface area contributed by atoms with Crippen molar-refractivity contribution in [3.8, 4) is 0 Å². The predicted molar refractivity (Wildman–Crippen MR) is 98.9 cm³/mol. The van der Waals surface area contributed by atoms with E-state index in [2.05, 4.69) is 10.3 Å². The van der Waals surface area contributed by atoms with Gasteiger partial charge in [-0.05, 0) is 32.0 Å². The summed E-state index contributed by atoms with van der Waals surface area (Å²) in [6.45, 7) is 4.01. The summed E-state index contributed by atoms with van der Waals surface area (Å²) in [5.41, 5.74) is 9.21. The molecule has 0 spiro atoms. The molecule has 0 bridgehead atoms. The number of fused-ring (bicyclic) bond motifs is 1. The van der Waals surface area contributed by atoms with Gasteiger partial charge in [-0.3, -0.25) is 14.3 Å². The van der Waals surface area contributed by atoms with Crippen LogP contribution in [0.5, 0.6) is 0 Å². The maximum absolute atomic E-state index is 13.1. The second kappa shape index (κ2) is 7.26. The van der Waals surface area contributed by atoms with Crippen molar-refractivity contribution >= 4 is 28.6 Å². The number of nitrogens with one attached hydrogen (secondary N) is 1. The lowest BCUT2D eigenvalue weighted by Gasteiger charge is -2.09. The van der Waals surface area contributed by atoms with Gasteiger partial charge in [-0.15, -0.1) is 0 Å². The number of amides is 1. The number of rotatable bonds is 4. The Morgan fingerprint density at radius 2 is 2.04 bits per heavy atom. The van der Waals surface area contributed by atoms with E-state index in [1.54, 1.807) is 29.8 Å². The molecule has 0 atom stereocenters. The van der Waals surface area contributed by atoms with Crippen LogP contribution >= 0.6 is 0 Å². The first-order valence-electron chi connectivity index (χ1n) is 8.28. The summed E-state index contributed by atoms with van der Waals surface area (Å²) < 4.78 is 6.41. The summed E-state index contributed by atoms with van der Waals surface area (Å²) in [7, 11) is 0. The van der Waals surface area contributed by atoms with Crippen molar-refractivity contribution in [1.29, 1.82) is 0 Å². The minimum atomic E-state index is -0.522. The normalized spacial score (nSPS) is 10.7. The molecule has 2 aromatic heterocycles. The van der Waals surface area contributed by atoms with Gasteiger partial charge in [-0.1, -0.05) is 18.2 Å². The SMILES string of the molecule is CCOC(=O)NCc1cc(C(=O)n2c(C)c(N)c3ccccc32)ccn1.